The van der Waals surface area contributed by atoms with Crippen LogP contribution in [0.2, 0.25) is 0 Å². The maximum atomic E-state index is 14.4. The number of aromatic nitrogens is 4. The molecule has 4 heterocycles. The van der Waals surface area contributed by atoms with E-state index in [2.05, 4.69) is 15.3 Å². The van der Waals surface area contributed by atoms with E-state index >= 15 is 0 Å². The zero-order valence-corrected chi connectivity index (χ0v) is 18.9. The van der Waals surface area contributed by atoms with Gasteiger partial charge in [-0.3, -0.25) is 14.2 Å². The molecule has 34 heavy (non-hydrogen) atoms. The third kappa shape index (κ3) is 3.27. The van der Waals surface area contributed by atoms with E-state index in [4.69, 9.17) is 9.72 Å². The minimum Gasteiger partial charge on any atom is -0.496 e. The molecular weight excluding hydrogens is 435 g/mol. The van der Waals surface area contributed by atoms with Crippen LogP contribution in [0.1, 0.15) is 40.3 Å². The molecule has 0 spiro atoms. The Hall–Kier alpha value is -4.01. The smallest absolute Gasteiger partial charge is 0.275 e. The predicted molar refractivity (Wildman–Crippen MR) is 124 cm³/mol. The largest absolute Gasteiger partial charge is 0.496 e. The molecule has 0 radical (unpaired) electrons. The number of methoxy groups -OCH3 is 1. The van der Waals surface area contributed by atoms with Crippen molar-refractivity contribution in [3.05, 3.63) is 71.3 Å². The second kappa shape index (κ2) is 7.79. The Bertz CT molecular complexity index is 1450. The number of benzene rings is 1. The summed E-state index contributed by atoms with van der Waals surface area (Å²) >= 11 is 0. The van der Waals surface area contributed by atoms with E-state index in [1.54, 1.807) is 29.1 Å². The molecular formula is C25H23FN6O2. The minimum atomic E-state index is -0.369. The van der Waals surface area contributed by atoms with Crippen LogP contribution in [-0.2, 0) is 13.1 Å². The second-order valence-corrected chi connectivity index (χ2v) is 8.69. The fourth-order valence-corrected chi connectivity index (χ4v) is 4.60. The van der Waals surface area contributed by atoms with E-state index in [1.807, 2.05) is 24.0 Å². The number of pyridine rings is 1. The molecule has 2 aliphatic rings. The second-order valence-electron chi connectivity index (χ2n) is 8.69. The Labute approximate surface area is 195 Å². The highest BCUT2D eigenvalue weighted by Gasteiger charge is 2.37. The first-order chi connectivity index (χ1) is 16.5. The first-order valence-electron chi connectivity index (χ1n) is 11.2. The summed E-state index contributed by atoms with van der Waals surface area (Å²) in [5.41, 5.74) is 4.94. The molecule has 172 valence electrons. The van der Waals surface area contributed by atoms with Crippen LogP contribution in [0, 0.1) is 12.7 Å². The average molecular weight is 458 g/mol. The first-order valence-corrected chi connectivity index (χ1v) is 11.2. The number of rotatable bonds is 5. The van der Waals surface area contributed by atoms with Crippen LogP contribution in [0.25, 0.3) is 16.6 Å². The molecule has 0 atom stereocenters. The molecule has 6 rings (SSSR count). The average Bonchev–Trinajstić information content (AvgIpc) is 3.58. The van der Waals surface area contributed by atoms with Crippen LogP contribution < -0.4 is 10.1 Å². The minimum absolute atomic E-state index is 0.104. The number of imidazole rings is 1. The molecule has 4 aromatic rings. The number of fused-ring (bicyclic) bond motifs is 2. The Balaban J connectivity index is 1.48. The Morgan fingerprint density at radius 1 is 1.18 bits per heavy atom. The molecule has 8 nitrogen and oxygen atoms in total. The molecule has 0 unspecified atom stereocenters. The predicted octanol–water partition coefficient (Wildman–Crippen LogP) is 3.98. The molecule has 1 aliphatic carbocycles. The molecule has 1 N–H and O–H groups in total. The van der Waals surface area contributed by atoms with E-state index < -0.39 is 0 Å². The Morgan fingerprint density at radius 2 is 2.03 bits per heavy atom. The van der Waals surface area contributed by atoms with Crippen molar-refractivity contribution in [2.45, 2.75) is 38.9 Å². The highest BCUT2D eigenvalue weighted by molar-refractivity contribution is 6.04. The molecule has 0 saturated heterocycles. The quantitative estimate of drug-likeness (QED) is 0.487. The van der Waals surface area contributed by atoms with Gasteiger partial charge in [0.2, 0.25) is 5.95 Å². The lowest BCUT2D eigenvalue weighted by Crippen LogP contribution is -2.34. The number of anilines is 1. The number of carbonyl (C=O) groups is 1. The lowest BCUT2D eigenvalue weighted by molar-refractivity contribution is 0.0724. The summed E-state index contributed by atoms with van der Waals surface area (Å²) in [4.78, 5) is 29.3. The van der Waals surface area contributed by atoms with Gasteiger partial charge < -0.3 is 15.0 Å². The van der Waals surface area contributed by atoms with Gasteiger partial charge in [0.15, 0.2) is 5.69 Å². The van der Waals surface area contributed by atoms with Crippen molar-refractivity contribution < 1.29 is 13.9 Å². The van der Waals surface area contributed by atoms with Gasteiger partial charge >= 0.3 is 0 Å². The maximum Gasteiger partial charge on any atom is 0.275 e. The highest BCUT2D eigenvalue weighted by atomic mass is 19.1. The molecule has 1 aliphatic heterocycles. The number of halogens is 1. The van der Waals surface area contributed by atoms with Gasteiger partial charge in [0, 0.05) is 41.2 Å². The zero-order chi connectivity index (χ0) is 23.4. The summed E-state index contributed by atoms with van der Waals surface area (Å²) in [5, 5.41) is 3.19. The monoisotopic (exact) mass is 458 g/mol. The molecule has 1 aromatic carbocycles. The lowest BCUT2D eigenvalue weighted by atomic mass is 10.0. The van der Waals surface area contributed by atoms with Crippen LogP contribution in [0.15, 0.2) is 42.9 Å². The van der Waals surface area contributed by atoms with Crippen LogP contribution in [-0.4, -0.2) is 43.3 Å². The summed E-state index contributed by atoms with van der Waals surface area (Å²) in [5.74, 6) is 0.432. The number of nitrogens with one attached hydrogen (secondary N) is 1. The summed E-state index contributed by atoms with van der Waals surface area (Å²) in [6.07, 6.45) is 5.31. The molecule has 1 fully saturated rings. The number of hydrogen-bond acceptors (Lipinski definition) is 6. The van der Waals surface area contributed by atoms with Crippen LogP contribution in [0.3, 0.4) is 0 Å². The highest BCUT2D eigenvalue weighted by Crippen LogP contribution is 2.37. The van der Waals surface area contributed by atoms with Crippen molar-refractivity contribution in [1.82, 2.24) is 24.3 Å². The van der Waals surface area contributed by atoms with Crippen molar-refractivity contribution in [2.75, 3.05) is 12.4 Å². The molecule has 3 aromatic heterocycles. The van der Waals surface area contributed by atoms with E-state index in [0.29, 0.717) is 35.0 Å². The van der Waals surface area contributed by atoms with E-state index in [-0.39, 0.29) is 24.3 Å². The van der Waals surface area contributed by atoms with Gasteiger partial charge in [0.25, 0.3) is 5.91 Å². The van der Waals surface area contributed by atoms with Crippen molar-refractivity contribution in [3.8, 4) is 16.9 Å². The number of aryl methyl sites for hydroxylation is 1. The maximum absolute atomic E-state index is 14.4. The van der Waals surface area contributed by atoms with E-state index in [9.17, 15) is 9.18 Å². The van der Waals surface area contributed by atoms with E-state index in [1.165, 1.54) is 13.2 Å². The van der Waals surface area contributed by atoms with Gasteiger partial charge in [0.1, 0.15) is 17.9 Å². The standard InChI is InChI=1S/C25H23FN6O2/c1-14-6-9-16-17-10-27-25(28-11-18-19(26)4-3-5-21(18)34-2)32-13-29-22(23(17)32)24(33)31(15-7-8-15)12-20(16)30-14/h3-6,9-10,13,15H,7-8,11-12H2,1-2H3,(H,27,28). The topological polar surface area (TPSA) is 84.7 Å². The summed E-state index contributed by atoms with van der Waals surface area (Å²) in [6.45, 7) is 2.56. The Kier molecular flexibility index (Phi) is 4.72. The van der Waals surface area contributed by atoms with Crippen molar-refractivity contribution in [2.24, 2.45) is 0 Å². The zero-order valence-electron chi connectivity index (χ0n) is 18.9. The fraction of sp³-hybridized carbons (Fsp3) is 0.280. The lowest BCUT2D eigenvalue weighted by Gasteiger charge is -2.25. The van der Waals surface area contributed by atoms with Crippen LogP contribution in [0.5, 0.6) is 5.75 Å². The number of carbonyl (C=O) groups excluding carboxylic acids is 1. The first kappa shape index (κ1) is 20.6. The van der Waals surface area contributed by atoms with Gasteiger partial charge in [-0.1, -0.05) is 12.1 Å². The van der Waals surface area contributed by atoms with Crippen molar-refractivity contribution in [1.29, 1.82) is 0 Å². The number of ether oxygens (including phenoxy) is 1. The van der Waals surface area contributed by atoms with Crippen LogP contribution in [0.4, 0.5) is 10.3 Å². The van der Waals surface area contributed by atoms with Crippen molar-refractivity contribution >= 4 is 17.4 Å². The normalized spacial score (nSPS) is 15.1. The fourth-order valence-electron chi connectivity index (χ4n) is 4.60. The summed E-state index contributed by atoms with van der Waals surface area (Å²) in [6, 6.07) is 8.92. The van der Waals surface area contributed by atoms with Gasteiger partial charge in [-0.15, -0.1) is 0 Å². The molecule has 9 heteroatoms. The molecule has 0 bridgehead atoms. The summed E-state index contributed by atoms with van der Waals surface area (Å²) in [7, 11) is 1.51. The Morgan fingerprint density at radius 3 is 2.82 bits per heavy atom. The van der Waals surface area contributed by atoms with E-state index in [0.717, 1.165) is 35.4 Å². The van der Waals surface area contributed by atoms with Gasteiger partial charge in [-0.05, 0) is 38.0 Å². The summed E-state index contributed by atoms with van der Waals surface area (Å²) < 4.78 is 21.5. The number of nitrogens with zero attached hydrogens (tertiary/aromatic N) is 5. The molecule has 1 amide bonds. The third-order valence-electron chi connectivity index (χ3n) is 6.46. The van der Waals surface area contributed by atoms with Gasteiger partial charge in [0.05, 0.1) is 24.9 Å². The van der Waals surface area contributed by atoms with Gasteiger partial charge in [-0.25, -0.2) is 14.4 Å². The van der Waals surface area contributed by atoms with Gasteiger partial charge in [-0.2, -0.15) is 0 Å². The number of hydrogen-bond donors (Lipinski definition) is 1. The molecule has 1 saturated carbocycles. The third-order valence-corrected chi connectivity index (χ3v) is 6.46. The van der Waals surface area contributed by atoms with Crippen molar-refractivity contribution in [3.63, 3.8) is 0 Å². The van der Waals surface area contributed by atoms with Crippen LogP contribution >= 0.6 is 0 Å². The number of amides is 1. The SMILES string of the molecule is COc1cccc(F)c1CNc1ncc2c3c(ncn13)C(=O)N(C1CC1)Cc1nc(C)ccc1-2.